The molecule has 1 aromatic rings. The van der Waals surface area contributed by atoms with Gasteiger partial charge in [-0.1, -0.05) is 27.7 Å². The molecule has 1 fully saturated rings. The van der Waals surface area contributed by atoms with Gasteiger partial charge in [-0.15, -0.1) is 11.3 Å². The molecule has 0 radical (unpaired) electrons. The van der Waals surface area contributed by atoms with Gasteiger partial charge in [0.2, 0.25) is 5.91 Å². The fourth-order valence-corrected chi connectivity index (χ4v) is 3.72. The number of thiophene rings is 1. The van der Waals surface area contributed by atoms with Crippen molar-refractivity contribution in [3.05, 3.63) is 21.9 Å². The van der Waals surface area contributed by atoms with Crippen LogP contribution in [0.2, 0.25) is 0 Å². The fourth-order valence-electron chi connectivity index (χ4n) is 2.51. The summed E-state index contributed by atoms with van der Waals surface area (Å²) in [5.74, 6) is 0.212. The molecule has 1 aliphatic heterocycles. The van der Waals surface area contributed by atoms with Gasteiger partial charge in [0.15, 0.2) is 0 Å². The second kappa shape index (κ2) is 4.69. The van der Waals surface area contributed by atoms with Crippen molar-refractivity contribution in [3.8, 4) is 0 Å². The lowest BCUT2D eigenvalue weighted by atomic mass is 9.89. The van der Waals surface area contributed by atoms with Gasteiger partial charge in [0.25, 0.3) is 0 Å². The van der Waals surface area contributed by atoms with Crippen molar-refractivity contribution in [1.29, 1.82) is 0 Å². The summed E-state index contributed by atoms with van der Waals surface area (Å²) in [6.45, 7) is 8.91. The van der Waals surface area contributed by atoms with E-state index < -0.39 is 0 Å². The Morgan fingerprint density at radius 2 is 2.11 bits per heavy atom. The van der Waals surface area contributed by atoms with Crippen LogP contribution in [0, 0.1) is 0 Å². The largest absolute Gasteiger partial charge is 0.350 e. The molecule has 100 valence electrons. The van der Waals surface area contributed by atoms with E-state index in [1.807, 2.05) is 11.3 Å². The minimum atomic E-state index is 0.0110. The number of amides is 1. The van der Waals surface area contributed by atoms with Crippen molar-refractivity contribution < 1.29 is 4.79 Å². The van der Waals surface area contributed by atoms with Gasteiger partial charge < -0.3 is 5.32 Å². The Hall–Kier alpha value is -0.830. The number of carbonyl (C=O) groups is 1. The molecule has 1 aliphatic rings. The summed E-state index contributed by atoms with van der Waals surface area (Å²) < 4.78 is 0. The van der Waals surface area contributed by atoms with Crippen molar-refractivity contribution in [2.75, 3.05) is 0 Å². The Morgan fingerprint density at radius 3 is 2.56 bits per heavy atom. The predicted octanol–water partition coefficient (Wildman–Crippen LogP) is 3.65. The van der Waals surface area contributed by atoms with E-state index in [0.717, 1.165) is 19.3 Å². The lowest BCUT2D eigenvalue weighted by Crippen LogP contribution is -2.42. The molecule has 0 aliphatic carbocycles. The van der Waals surface area contributed by atoms with Gasteiger partial charge >= 0.3 is 0 Å². The lowest BCUT2D eigenvalue weighted by Gasteiger charge is -2.27. The quantitative estimate of drug-likeness (QED) is 0.888. The summed E-state index contributed by atoms with van der Waals surface area (Å²) in [5.41, 5.74) is 0.234. The van der Waals surface area contributed by atoms with Crippen LogP contribution in [0.15, 0.2) is 12.1 Å². The summed E-state index contributed by atoms with van der Waals surface area (Å²) in [7, 11) is 0. The minimum absolute atomic E-state index is 0.0110. The van der Waals surface area contributed by atoms with Crippen molar-refractivity contribution in [3.63, 3.8) is 0 Å². The zero-order chi connectivity index (χ0) is 13.4. The maximum atomic E-state index is 11.5. The molecule has 2 nitrogen and oxygen atoms in total. The van der Waals surface area contributed by atoms with Crippen molar-refractivity contribution >= 4 is 17.2 Å². The Balaban J connectivity index is 2.14. The summed E-state index contributed by atoms with van der Waals surface area (Å²) in [5, 5.41) is 3.18. The average molecular weight is 265 g/mol. The first kappa shape index (κ1) is 13.6. The molecular formula is C15H23NOS. The predicted molar refractivity (Wildman–Crippen MR) is 77.1 cm³/mol. The number of carbonyl (C=O) groups excluding carboxylic acids is 1. The van der Waals surface area contributed by atoms with E-state index in [2.05, 4.69) is 45.1 Å². The van der Waals surface area contributed by atoms with Crippen LogP contribution < -0.4 is 5.32 Å². The molecule has 1 aromatic heterocycles. The summed E-state index contributed by atoms with van der Waals surface area (Å²) in [6.07, 6.45) is 3.66. The highest BCUT2D eigenvalue weighted by Crippen LogP contribution is 2.34. The van der Waals surface area contributed by atoms with Crippen molar-refractivity contribution in [2.45, 2.75) is 64.3 Å². The fraction of sp³-hybridized carbons (Fsp3) is 0.667. The highest BCUT2D eigenvalue weighted by atomic mass is 32.1. The van der Waals surface area contributed by atoms with Gasteiger partial charge in [-0.05, 0) is 30.4 Å². The maximum absolute atomic E-state index is 11.5. The van der Waals surface area contributed by atoms with E-state index in [1.165, 1.54) is 9.75 Å². The molecule has 1 N–H and O–H groups in total. The number of hydrogen-bond donors (Lipinski definition) is 1. The van der Waals surface area contributed by atoms with E-state index in [9.17, 15) is 4.79 Å². The summed E-state index contributed by atoms with van der Waals surface area (Å²) in [4.78, 5) is 14.3. The Morgan fingerprint density at radius 1 is 1.39 bits per heavy atom. The van der Waals surface area contributed by atoms with Gasteiger partial charge in [0, 0.05) is 28.1 Å². The van der Waals surface area contributed by atoms with Crippen molar-refractivity contribution in [1.82, 2.24) is 5.32 Å². The van der Waals surface area contributed by atoms with E-state index in [4.69, 9.17) is 0 Å². The van der Waals surface area contributed by atoms with Crippen LogP contribution in [0.25, 0.3) is 0 Å². The molecule has 2 heterocycles. The van der Waals surface area contributed by atoms with E-state index in [0.29, 0.717) is 6.42 Å². The van der Waals surface area contributed by atoms with Crippen LogP contribution in [-0.4, -0.2) is 11.4 Å². The first-order chi connectivity index (χ1) is 8.35. The number of nitrogens with one attached hydrogen (secondary N) is 1. The maximum Gasteiger partial charge on any atom is 0.220 e. The highest BCUT2D eigenvalue weighted by molar-refractivity contribution is 7.12. The third kappa shape index (κ3) is 2.77. The standard InChI is InChI=1S/C15H23NOS/c1-5-15(9-8-13(17)16-15)10-11-6-7-12(18-11)14(2,3)4/h6-7H,5,8-10H2,1-4H3,(H,16,17). The normalized spacial score (nSPS) is 24.3. The first-order valence-corrected chi connectivity index (χ1v) is 7.56. The van der Waals surface area contributed by atoms with Gasteiger partial charge in [-0.25, -0.2) is 0 Å². The third-order valence-electron chi connectivity index (χ3n) is 3.83. The molecular weight excluding hydrogens is 242 g/mol. The SMILES string of the molecule is CCC1(Cc2ccc(C(C)(C)C)s2)CCC(=O)N1. The van der Waals surface area contributed by atoms with E-state index >= 15 is 0 Å². The summed E-state index contributed by atoms with van der Waals surface area (Å²) in [6, 6.07) is 4.47. The first-order valence-electron chi connectivity index (χ1n) is 6.75. The zero-order valence-electron chi connectivity index (χ0n) is 11.8. The lowest BCUT2D eigenvalue weighted by molar-refractivity contribution is -0.119. The molecule has 2 rings (SSSR count). The Kier molecular flexibility index (Phi) is 3.54. The molecule has 1 unspecified atom stereocenters. The topological polar surface area (TPSA) is 29.1 Å². The van der Waals surface area contributed by atoms with E-state index in [-0.39, 0.29) is 16.9 Å². The molecule has 18 heavy (non-hydrogen) atoms. The van der Waals surface area contributed by atoms with Crippen molar-refractivity contribution in [2.24, 2.45) is 0 Å². The van der Waals surface area contributed by atoms with Crippen LogP contribution in [0.4, 0.5) is 0 Å². The average Bonchev–Trinajstić information content (AvgIpc) is 2.86. The molecule has 1 saturated heterocycles. The molecule has 0 spiro atoms. The highest BCUT2D eigenvalue weighted by Gasteiger charge is 2.36. The van der Waals surface area contributed by atoms with Crippen LogP contribution in [-0.2, 0) is 16.6 Å². The molecule has 0 aromatic carbocycles. The molecule has 0 bridgehead atoms. The van der Waals surface area contributed by atoms with Crippen LogP contribution in [0.5, 0.6) is 0 Å². The third-order valence-corrected chi connectivity index (χ3v) is 5.34. The van der Waals surface area contributed by atoms with Crippen LogP contribution in [0.1, 0.15) is 56.7 Å². The van der Waals surface area contributed by atoms with Crippen LogP contribution in [0.3, 0.4) is 0 Å². The Bertz CT molecular complexity index is 444. The minimum Gasteiger partial charge on any atom is -0.350 e. The zero-order valence-corrected chi connectivity index (χ0v) is 12.6. The van der Waals surface area contributed by atoms with Gasteiger partial charge in [0.05, 0.1) is 0 Å². The molecule has 0 saturated carbocycles. The van der Waals surface area contributed by atoms with Gasteiger partial charge in [0.1, 0.15) is 0 Å². The number of rotatable bonds is 3. The van der Waals surface area contributed by atoms with Crippen LogP contribution >= 0.6 is 11.3 Å². The monoisotopic (exact) mass is 265 g/mol. The Labute approximate surface area is 114 Å². The molecule has 3 heteroatoms. The number of hydrogen-bond acceptors (Lipinski definition) is 2. The van der Waals surface area contributed by atoms with Gasteiger partial charge in [-0.2, -0.15) is 0 Å². The summed E-state index contributed by atoms with van der Waals surface area (Å²) >= 11 is 1.89. The van der Waals surface area contributed by atoms with E-state index in [1.54, 1.807) is 0 Å². The second-order valence-corrected chi connectivity index (χ2v) is 7.54. The smallest absolute Gasteiger partial charge is 0.220 e. The second-order valence-electron chi connectivity index (χ2n) is 6.37. The molecule has 1 amide bonds. The molecule has 1 atom stereocenters. The van der Waals surface area contributed by atoms with Gasteiger partial charge in [-0.3, -0.25) is 4.79 Å².